The van der Waals surface area contributed by atoms with Crippen molar-refractivity contribution in [3.05, 3.63) is 41.0 Å². The average Bonchev–Trinajstić information content (AvgIpc) is 2.98. The number of aromatic hydroxyl groups is 1. The lowest BCUT2D eigenvalue weighted by Gasteiger charge is -2.40. The predicted molar refractivity (Wildman–Crippen MR) is 82.4 cm³/mol. The van der Waals surface area contributed by atoms with Gasteiger partial charge in [-0.2, -0.15) is 0 Å². The van der Waals surface area contributed by atoms with Crippen LogP contribution in [0.5, 0.6) is 17.2 Å². The fourth-order valence-corrected chi connectivity index (χ4v) is 4.08. The molecule has 2 heterocycles. The smallest absolute Gasteiger partial charge is 0.231 e. The van der Waals surface area contributed by atoms with Crippen LogP contribution in [0.4, 0.5) is 0 Å². The van der Waals surface area contributed by atoms with Crippen molar-refractivity contribution in [3.8, 4) is 28.4 Å². The molecule has 0 spiro atoms. The molecule has 1 unspecified atom stereocenters. The van der Waals surface area contributed by atoms with Crippen LogP contribution in [0.3, 0.4) is 0 Å². The Morgan fingerprint density at radius 2 is 2.09 bits per heavy atom. The van der Waals surface area contributed by atoms with Crippen LogP contribution in [0.25, 0.3) is 11.1 Å². The molecule has 0 saturated heterocycles. The zero-order valence-corrected chi connectivity index (χ0v) is 12.4. The highest BCUT2D eigenvalue weighted by atomic mass is 16.7. The predicted octanol–water partition coefficient (Wildman–Crippen LogP) is 2.87. The Morgan fingerprint density at radius 3 is 3.00 bits per heavy atom. The number of phenolic OH excluding ortho intramolecular Hbond substituents is 1. The average molecular weight is 295 g/mol. The van der Waals surface area contributed by atoms with Crippen molar-refractivity contribution in [2.24, 2.45) is 0 Å². The molecule has 0 saturated carbocycles. The molecular formula is C18H17NO3. The van der Waals surface area contributed by atoms with Gasteiger partial charge in [0, 0.05) is 18.2 Å². The summed E-state index contributed by atoms with van der Waals surface area (Å²) >= 11 is 0. The van der Waals surface area contributed by atoms with E-state index in [1.165, 1.54) is 16.7 Å². The summed E-state index contributed by atoms with van der Waals surface area (Å²) in [5.74, 6) is 1.98. The van der Waals surface area contributed by atoms with Crippen molar-refractivity contribution in [2.45, 2.75) is 18.9 Å². The summed E-state index contributed by atoms with van der Waals surface area (Å²) in [6.45, 7) is 1.34. The minimum atomic E-state index is 0.278. The van der Waals surface area contributed by atoms with Crippen LogP contribution in [-0.2, 0) is 12.8 Å². The molecule has 1 aliphatic carbocycles. The Balaban J connectivity index is 1.88. The number of likely N-dealkylation sites (N-methyl/N-ethyl adjacent to an activating group) is 1. The van der Waals surface area contributed by atoms with Gasteiger partial charge in [0.15, 0.2) is 11.5 Å². The molecule has 2 aromatic carbocycles. The van der Waals surface area contributed by atoms with Gasteiger partial charge in [0.2, 0.25) is 6.79 Å². The number of nitrogens with zero attached hydrogens (tertiary/aromatic N) is 1. The fourth-order valence-electron chi connectivity index (χ4n) is 4.08. The molecule has 0 amide bonds. The van der Waals surface area contributed by atoms with E-state index in [1.807, 2.05) is 12.1 Å². The number of hydrogen-bond donors (Lipinski definition) is 1. The van der Waals surface area contributed by atoms with Crippen molar-refractivity contribution < 1.29 is 14.6 Å². The zero-order chi connectivity index (χ0) is 14.8. The number of ether oxygens (including phenoxy) is 2. The molecule has 4 heteroatoms. The first kappa shape index (κ1) is 12.4. The van der Waals surface area contributed by atoms with Crippen molar-refractivity contribution in [1.82, 2.24) is 4.90 Å². The van der Waals surface area contributed by atoms with Crippen molar-refractivity contribution >= 4 is 0 Å². The molecule has 0 radical (unpaired) electrons. The second-order valence-electron chi connectivity index (χ2n) is 6.35. The molecule has 0 aromatic heterocycles. The summed E-state index contributed by atoms with van der Waals surface area (Å²) in [6.07, 6.45) is 2.01. The second-order valence-corrected chi connectivity index (χ2v) is 6.35. The van der Waals surface area contributed by atoms with Crippen LogP contribution in [0.2, 0.25) is 0 Å². The minimum absolute atomic E-state index is 0.278. The third-order valence-electron chi connectivity index (χ3n) is 5.16. The Labute approximate surface area is 128 Å². The Morgan fingerprint density at radius 1 is 1.18 bits per heavy atom. The molecule has 2 aliphatic heterocycles. The van der Waals surface area contributed by atoms with Gasteiger partial charge in [-0.15, -0.1) is 0 Å². The number of rotatable bonds is 0. The summed E-state index contributed by atoms with van der Waals surface area (Å²) in [7, 11) is 2.19. The van der Waals surface area contributed by atoms with Gasteiger partial charge in [-0.1, -0.05) is 6.07 Å². The van der Waals surface area contributed by atoms with Gasteiger partial charge >= 0.3 is 0 Å². The molecule has 0 bridgehead atoms. The Kier molecular flexibility index (Phi) is 2.34. The van der Waals surface area contributed by atoms with Gasteiger partial charge in [0.05, 0.1) is 0 Å². The third kappa shape index (κ3) is 1.50. The Bertz CT molecular complexity index is 799. The van der Waals surface area contributed by atoms with E-state index < -0.39 is 0 Å². The van der Waals surface area contributed by atoms with E-state index in [9.17, 15) is 5.11 Å². The first-order valence-electron chi connectivity index (χ1n) is 7.70. The van der Waals surface area contributed by atoms with E-state index in [2.05, 4.69) is 18.0 Å². The van der Waals surface area contributed by atoms with Crippen LogP contribution < -0.4 is 9.47 Å². The van der Waals surface area contributed by atoms with E-state index >= 15 is 0 Å². The first-order valence-corrected chi connectivity index (χ1v) is 7.70. The molecule has 1 N–H and O–H groups in total. The first-order chi connectivity index (χ1) is 10.7. The van der Waals surface area contributed by atoms with Gasteiger partial charge < -0.3 is 14.6 Å². The van der Waals surface area contributed by atoms with Gasteiger partial charge in [-0.25, -0.2) is 0 Å². The van der Waals surface area contributed by atoms with Gasteiger partial charge in [0.25, 0.3) is 0 Å². The van der Waals surface area contributed by atoms with Crippen LogP contribution in [0, 0.1) is 0 Å². The second kappa shape index (κ2) is 4.17. The molecule has 22 heavy (non-hydrogen) atoms. The quantitative estimate of drug-likeness (QED) is 0.811. The topological polar surface area (TPSA) is 41.9 Å². The lowest BCUT2D eigenvalue weighted by Crippen LogP contribution is -2.35. The van der Waals surface area contributed by atoms with Crippen LogP contribution in [0.15, 0.2) is 24.3 Å². The van der Waals surface area contributed by atoms with Crippen LogP contribution >= 0.6 is 0 Å². The molecule has 4 nitrogen and oxygen atoms in total. The molecule has 2 aromatic rings. The molecule has 3 aliphatic rings. The van der Waals surface area contributed by atoms with Crippen molar-refractivity contribution in [1.29, 1.82) is 0 Å². The van der Waals surface area contributed by atoms with Crippen molar-refractivity contribution in [3.63, 3.8) is 0 Å². The number of phenols is 1. The summed E-state index contributed by atoms with van der Waals surface area (Å²) in [6, 6.07) is 8.19. The van der Waals surface area contributed by atoms with E-state index in [0.29, 0.717) is 11.8 Å². The summed E-state index contributed by atoms with van der Waals surface area (Å²) in [5, 5.41) is 9.94. The molecule has 112 valence electrons. The summed E-state index contributed by atoms with van der Waals surface area (Å²) in [4.78, 5) is 2.42. The van der Waals surface area contributed by atoms with Gasteiger partial charge in [0.1, 0.15) is 5.75 Å². The molecule has 0 fully saturated rings. The summed E-state index contributed by atoms with van der Waals surface area (Å²) < 4.78 is 11.4. The highest BCUT2D eigenvalue weighted by Gasteiger charge is 2.37. The monoisotopic (exact) mass is 295 g/mol. The normalized spacial score (nSPS) is 21.4. The maximum Gasteiger partial charge on any atom is 0.231 e. The molecule has 1 atom stereocenters. The maximum atomic E-state index is 9.94. The fraction of sp³-hybridized carbons (Fsp3) is 0.333. The van der Waals surface area contributed by atoms with Gasteiger partial charge in [-0.3, -0.25) is 4.90 Å². The lowest BCUT2D eigenvalue weighted by atomic mass is 9.76. The van der Waals surface area contributed by atoms with Crippen LogP contribution in [0.1, 0.15) is 22.7 Å². The third-order valence-corrected chi connectivity index (χ3v) is 5.16. The maximum absolute atomic E-state index is 9.94. The zero-order valence-electron chi connectivity index (χ0n) is 12.4. The number of fused-ring (bicyclic) bond motifs is 4. The van der Waals surface area contributed by atoms with E-state index in [1.54, 1.807) is 6.07 Å². The molecule has 5 rings (SSSR count). The van der Waals surface area contributed by atoms with Crippen LogP contribution in [-0.4, -0.2) is 30.4 Å². The highest BCUT2D eigenvalue weighted by molar-refractivity contribution is 5.84. The number of benzene rings is 2. The summed E-state index contributed by atoms with van der Waals surface area (Å²) in [5.41, 5.74) is 6.19. The van der Waals surface area contributed by atoms with E-state index in [-0.39, 0.29) is 6.79 Å². The van der Waals surface area contributed by atoms with Crippen molar-refractivity contribution in [2.75, 3.05) is 20.4 Å². The van der Waals surface area contributed by atoms with E-state index in [4.69, 9.17) is 9.47 Å². The van der Waals surface area contributed by atoms with Gasteiger partial charge in [-0.05, 0) is 60.3 Å². The molecular weight excluding hydrogens is 278 g/mol. The minimum Gasteiger partial charge on any atom is -0.508 e. The largest absolute Gasteiger partial charge is 0.508 e. The van der Waals surface area contributed by atoms with E-state index in [0.717, 1.165) is 42.0 Å². The standard InChI is InChI=1S/C18H17NO3/c1-19-5-4-11-7-15-18(22-9-21-15)17-13-8-12(20)3-2-10(13)6-14(19)16(11)17/h2-3,7-8,14,20H,4-6,9H2,1H3. The SMILES string of the molecule is CN1CCc2cc3c(c4c2C1Cc1ccc(O)cc1-4)OCO3. The Hall–Kier alpha value is -2.20. The highest BCUT2D eigenvalue weighted by Crippen LogP contribution is 2.53. The lowest BCUT2D eigenvalue weighted by molar-refractivity contribution is 0.174. The number of hydrogen-bond acceptors (Lipinski definition) is 4.